The van der Waals surface area contributed by atoms with Crippen LogP contribution in [0.3, 0.4) is 0 Å². The number of hydrogen-bond acceptors (Lipinski definition) is 2. The highest BCUT2D eigenvalue weighted by atomic mass is 35.5. The van der Waals surface area contributed by atoms with Crippen LogP contribution < -0.4 is 5.73 Å². The van der Waals surface area contributed by atoms with E-state index in [-0.39, 0.29) is 24.8 Å². The number of imidazole rings is 1. The van der Waals surface area contributed by atoms with Crippen molar-refractivity contribution in [1.29, 1.82) is 0 Å². The normalized spacial score (nSPS) is 8.50. The maximum absolute atomic E-state index is 5.36. The van der Waals surface area contributed by atoms with E-state index in [2.05, 4.69) is 9.55 Å². The molecule has 0 fully saturated rings. The molecule has 0 aliphatic heterocycles. The lowest BCUT2D eigenvalue weighted by molar-refractivity contribution is 0.633. The Labute approximate surface area is 85.2 Å². The van der Waals surface area contributed by atoms with Gasteiger partial charge in [-0.05, 0) is 19.9 Å². The average Bonchev–Trinajstić information content (AvgIpc) is 2.31. The molecule has 0 aliphatic rings. The Bertz CT molecular complexity index is 200. The fraction of sp³-hybridized carbons (Fsp3) is 0.571. The molecular formula is C7H15Cl2N3. The monoisotopic (exact) mass is 211 g/mol. The molecule has 0 spiro atoms. The number of rotatable bonds is 3. The summed E-state index contributed by atoms with van der Waals surface area (Å²) in [6.45, 7) is 3.73. The van der Waals surface area contributed by atoms with Gasteiger partial charge in [0.15, 0.2) is 0 Å². The second-order valence-electron chi connectivity index (χ2n) is 2.31. The minimum Gasteiger partial charge on any atom is -0.335 e. The van der Waals surface area contributed by atoms with Gasteiger partial charge in [0.25, 0.3) is 0 Å². The van der Waals surface area contributed by atoms with E-state index in [1.807, 2.05) is 19.3 Å². The highest BCUT2D eigenvalue weighted by molar-refractivity contribution is 5.85. The molecule has 1 rings (SSSR count). The first-order valence-corrected chi connectivity index (χ1v) is 3.52. The summed E-state index contributed by atoms with van der Waals surface area (Å²) in [7, 11) is 0. The molecule has 0 radical (unpaired) electrons. The van der Waals surface area contributed by atoms with E-state index in [4.69, 9.17) is 5.73 Å². The van der Waals surface area contributed by atoms with Crippen LogP contribution in [0.1, 0.15) is 12.2 Å². The highest BCUT2D eigenvalue weighted by Crippen LogP contribution is 1.95. The lowest BCUT2D eigenvalue weighted by atomic mass is 10.4. The number of aryl methyl sites for hydroxylation is 2. The van der Waals surface area contributed by atoms with Crippen LogP contribution in [0.4, 0.5) is 0 Å². The van der Waals surface area contributed by atoms with Crippen LogP contribution in [-0.4, -0.2) is 16.1 Å². The van der Waals surface area contributed by atoms with Crippen molar-refractivity contribution in [2.24, 2.45) is 5.73 Å². The van der Waals surface area contributed by atoms with E-state index >= 15 is 0 Å². The van der Waals surface area contributed by atoms with Gasteiger partial charge in [-0.25, -0.2) is 4.98 Å². The van der Waals surface area contributed by atoms with Crippen molar-refractivity contribution in [1.82, 2.24) is 9.55 Å². The number of hydrogen-bond donors (Lipinski definition) is 1. The quantitative estimate of drug-likeness (QED) is 0.822. The zero-order valence-corrected chi connectivity index (χ0v) is 8.70. The molecule has 1 aromatic rings. The minimum atomic E-state index is 0. The molecule has 3 nitrogen and oxygen atoms in total. The zero-order chi connectivity index (χ0) is 7.40. The summed E-state index contributed by atoms with van der Waals surface area (Å²) in [5.74, 6) is 1.06. The Morgan fingerprint density at radius 2 is 2.17 bits per heavy atom. The smallest absolute Gasteiger partial charge is 0.105 e. The molecule has 0 aliphatic carbocycles. The first-order valence-electron chi connectivity index (χ1n) is 3.52. The van der Waals surface area contributed by atoms with E-state index in [1.165, 1.54) is 0 Å². The average molecular weight is 212 g/mol. The standard InChI is InChI=1S/C7H13N3.2ClH/c1-7-9-4-6-10(7)5-2-3-8;;/h4,6H,2-3,5,8H2,1H3;2*1H. The van der Waals surface area contributed by atoms with Gasteiger partial charge in [0, 0.05) is 18.9 Å². The van der Waals surface area contributed by atoms with Crippen molar-refractivity contribution >= 4 is 24.8 Å². The van der Waals surface area contributed by atoms with E-state index in [9.17, 15) is 0 Å². The van der Waals surface area contributed by atoms with Gasteiger partial charge in [0.2, 0.25) is 0 Å². The number of nitrogens with zero attached hydrogens (tertiary/aromatic N) is 2. The van der Waals surface area contributed by atoms with Crippen molar-refractivity contribution in [2.75, 3.05) is 6.54 Å². The lowest BCUT2D eigenvalue weighted by Gasteiger charge is -2.01. The van der Waals surface area contributed by atoms with Crippen LogP contribution >= 0.6 is 24.8 Å². The van der Waals surface area contributed by atoms with Crippen molar-refractivity contribution in [3.63, 3.8) is 0 Å². The van der Waals surface area contributed by atoms with Crippen molar-refractivity contribution in [2.45, 2.75) is 19.9 Å². The van der Waals surface area contributed by atoms with Gasteiger partial charge < -0.3 is 10.3 Å². The van der Waals surface area contributed by atoms with E-state index in [1.54, 1.807) is 0 Å². The largest absolute Gasteiger partial charge is 0.335 e. The van der Waals surface area contributed by atoms with Crippen LogP contribution in [0.5, 0.6) is 0 Å². The number of aromatic nitrogens is 2. The molecule has 0 aromatic carbocycles. The summed E-state index contributed by atoms with van der Waals surface area (Å²) in [4.78, 5) is 4.09. The molecule has 0 atom stereocenters. The van der Waals surface area contributed by atoms with Gasteiger partial charge in [0.05, 0.1) is 0 Å². The Balaban J connectivity index is 0. The van der Waals surface area contributed by atoms with Crippen LogP contribution in [0.2, 0.25) is 0 Å². The maximum atomic E-state index is 5.36. The van der Waals surface area contributed by atoms with Gasteiger partial charge in [-0.1, -0.05) is 0 Å². The molecule has 0 amide bonds. The SMILES string of the molecule is Cc1nccn1CCCN.Cl.Cl. The fourth-order valence-corrected chi connectivity index (χ4v) is 0.902. The predicted molar refractivity (Wildman–Crippen MR) is 55.1 cm³/mol. The molecule has 0 bridgehead atoms. The molecule has 72 valence electrons. The highest BCUT2D eigenvalue weighted by Gasteiger charge is 1.93. The van der Waals surface area contributed by atoms with Crippen LogP contribution in [0, 0.1) is 6.92 Å². The van der Waals surface area contributed by atoms with Gasteiger partial charge in [-0.3, -0.25) is 0 Å². The minimum absolute atomic E-state index is 0. The van der Waals surface area contributed by atoms with E-state index in [0.717, 1.165) is 25.3 Å². The van der Waals surface area contributed by atoms with Crippen molar-refractivity contribution in [3.8, 4) is 0 Å². The summed E-state index contributed by atoms with van der Waals surface area (Å²) in [6, 6.07) is 0. The van der Waals surface area contributed by atoms with Crippen molar-refractivity contribution < 1.29 is 0 Å². The van der Waals surface area contributed by atoms with Crippen LogP contribution in [-0.2, 0) is 6.54 Å². The third kappa shape index (κ3) is 3.95. The first-order chi connectivity index (χ1) is 4.84. The Kier molecular flexibility index (Phi) is 8.81. The topological polar surface area (TPSA) is 43.8 Å². The van der Waals surface area contributed by atoms with E-state index in [0.29, 0.717) is 0 Å². The Morgan fingerprint density at radius 1 is 1.50 bits per heavy atom. The van der Waals surface area contributed by atoms with Gasteiger partial charge in [-0.15, -0.1) is 24.8 Å². The second kappa shape index (κ2) is 7.40. The predicted octanol–water partition coefficient (Wildman–Crippen LogP) is 1.38. The molecule has 5 heteroatoms. The fourth-order valence-electron chi connectivity index (χ4n) is 0.902. The molecule has 0 saturated heterocycles. The summed E-state index contributed by atoms with van der Waals surface area (Å²) < 4.78 is 2.10. The first kappa shape index (κ1) is 14.3. The molecular weight excluding hydrogens is 197 g/mol. The van der Waals surface area contributed by atoms with Crippen molar-refractivity contribution in [3.05, 3.63) is 18.2 Å². The number of halogens is 2. The summed E-state index contributed by atoms with van der Waals surface area (Å²) in [5.41, 5.74) is 5.36. The molecule has 1 aromatic heterocycles. The van der Waals surface area contributed by atoms with Gasteiger partial charge in [0.1, 0.15) is 5.82 Å². The van der Waals surface area contributed by atoms with Crippen LogP contribution in [0.25, 0.3) is 0 Å². The van der Waals surface area contributed by atoms with Gasteiger partial charge >= 0.3 is 0 Å². The second-order valence-corrected chi connectivity index (χ2v) is 2.31. The summed E-state index contributed by atoms with van der Waals surface area (Å²) in [6.07, 6.45) is 4.81. The zero-order valence-electron chi connectivity index (χ0n) is 7.06. The Hall–Kier alpha value is -0.250. The van der Waals surface area contributed by atoms with Gasteiger partial charge in [-0.2, -0.15) is 0 Å². The molecule has 0 unspecified atom stereocenters. The lowest BCUT2D eigenvalue weighted by Crippen LogP contribution is -2.06. The molecule has 0 saturated carbocycles. The molecule has 1 heterocycles. The van der Waals surface area contributed by atoms with E-state index < -0.39 is 0 Å². The third-order valence-corrected chi connectivity index (χ3v) is 1.53. The number of nitrogens with two attached hydrogens (primary N) is 1. The molecule has 2 N–H and O–H groups in total. The Morgan fingerprint density at radius 3 is 2.58 bits per heavy atom. The maximum Gasteiger partial charge on any atom is 0.105 e. The summed E-state index contributed by atoms with van der Waals surface area (Å²) >= 11 is 0. The third-order valence-electron chi connectivity index (χ3n) is 1.53. The van der Waals surface area contributed by atoms with Crippen LogP contribution in [0.15, 0.2) is 12.4 Å². The molecule has 12 heavy (non-hydrogen) atoms. The summed E-state index contributed by atoms with van der Waals surface area (Å²) in [5, 5.41) is 0.